The fourth-order valence-electron chi connectivity index (χ4n) is 3.11. The molecule has 0 unspecified atom stereocenters. The zero-order valence-corrected chi connectivity index (χ0v) is 16.7. The van der Waals surface area contributed by atoms with Crippen molar-refractivity contribution in [2.24, 2.45) is 0 Å². The highest BCUT2D eigenvalue weighted by Gasteiger charge is 2.31. The number of aromatic nitrogens is 1. The number of piperazine rings is 1. The van der Waals surface area contributed by atoms with E-state index in [4.69, 9.17) is 4.52 Å². The van der Waals surface area contributed by atoms with Crippen molar-refractivity contribution in [1.82, 2.24) is 10.1 Å². The number of carbonyl (C=O) groups excluding carboxylic acids is 1. The van der Waals surface area contributed by atoms with E-state index < -0.39 is 11.7 Å². The lowest BCUT2D eigenvalue weighted by molar-refractivity contribution is -0.137. The first-order valence-electron chi connectivity index (χ1n) is 9.44. The number of hydrogen-bond acceptors (Lipinski definition) is 5. The molecule has 9 heteroatoms. The summed E-state index contributed by atoms with van der Waals surface area (Å²) in [5.74, 6) is 0.0941. The van der Waals surface area contributed by atoms with Crippen LogP contribution in [0, 0.1) is 0 Å². The summed E-state index contributed by atoms with van der Waals surface area (Å²) < 4.78 is 43.9. The lowest BCUT2D eigenvalue weighted by atomic mass is 9.92. The average Bonchev–Trinajstić information content (AvgIpc) is 3.10. The van der Waals surface area contributed by atoms with Crippen molar-refractivity contribution in [2.75, 3.05) is 42.9 Å². The lowest BCUT2D eigenvalue weighted by Gasteiger charge is -2.35. The second-order valence-electron chi connectivity index (χ2n) is 8.19. The Kier molecular flexibility index (Phi) is 5.88. The summed E-state index contributed by atoms with van der Waals surface area (Å²) in [6.07, 6.45) is -4.36. The number of alkyl halides is 3. The van der Waals surface area contributed by atoms with Crippen molar-refractivity contribution in [3.63, 3.8) is 0 Å². The van der Waals surface area contributed by atoms with Crippen LogP contribution in [-0.2, 0) is 16.4 Å². The molecule has 0 saturated carbocycles. The molecule has 0 spiro atoms. The smallest absolute Gasteiger partial charge is 0.369 e. The van der Waals surface area contributed by atoms with E-state index in [1.807, 2.05) is 30.6 Å². The van der Waals surface area contributed by atoms with E-state index in [9.17, 15) is 18.0 Å². The Balaban J connectivity index is 1.51. The van der Waals surface area contributed by atoms with Crippen molar-refractivity contribution in [2.45, 2.75) is 32.4 Å². The van der Waals surface area contributed by atoms with Gasteiger partial charge in [0.05, 0.1) is 17.8 Å². The highest BCUT2D eigenvalue weighted by atomic mass is 19.4. The van der Waals surface area contributed by atoms with Gasteiger partial charge in [0.1, 0.15) is 0 Å². The molecular formula is C20H25F3N4O2. The number of nitrogens with one attached hydrogen (secondary N) is 1. The van der Waals surface area contributed by atoms with Crippen molar-refractivity contribution in [3.05, 3.63) is 41.6 Å². The maximum absolute atomic E-state index is 12.9. The summed E-state index contributed by atoms with van der Waals surface area (Å²) in [4.78, 5) is 16.1. The van der Waals surface area contributed by atoms with Crippen LogP contribution in [0.4, 0.5) is 24.7 Å². The quantitative estimate of drug-likeness (QED) is 0.832. The third-order valence-corrected chi connectivity index (χ3v) is 4.82. The second kappa shape index (κ2) is 8.06. The summed E-state index contributed by atoms with van der Waals surface area (Å²) in [7, 11) is 0. The second-order valence-corrected chi connectivity index (χ2v) is 8.19. The van der Waals surface area contributed by atoms with Crippen LogP contribution in [0.1, 0.15) is 32.0 Å². The predicted octanol–water partition coefficient (Wildman–Crippen LogP) is 3.75. The molecule has 3 rings (SSSR count). The average molecular weight is 410 g/mol. The minimum Gasteiger partial charge on any atom is -0.369 e. The number of anilines is 2. The summed E-state index contributed by atoms with van der Waals surface area (Å²) in [6, 6.07) is 7.04. The molecule has 1 aliphatic heterocycles. The first-order chi connectivity index (χ1) is 13.5. The molecule has 0 bridgehead atoms. The molecule has 1 aliphatic rings. The van der Waals surface area contributed by atoms with Crippen LogP contribution in [0.2, 0.25) is 0 Å². The van der Waals surface area contributed by atoms with E-state index in [-0.39, 0.29) is 17.9 Å². The SMILES string of the molecule is CC(C)(C)c1cc(NC(=O)CN2CCN(c3cccc(C(F)(F)F)c3)CC2)on1. The molecule has 0 radical (unpaired) electrons. The first-order valence-corrected chi connectivity index (χ1v) is 9.44. The van der Waals surface area contributed by atoms with Crippen molar-refractivity contribution in [3.8, 4) is 0 Å². The molecule has 2 heterocycles. The van der Waals surface area contributed by atoms with Gasteiger partial charge in [0.15, 0.2) is 0 Å². The van der Waals surface area contributed by atoms with Gasteiger partial charge in [-0.15, -0.1) is 0 Å². The lowest BCUT2D eigenvalue weighted by Crippen LogP contribution is -2.48. The molecule has 1 N–H and O–H groups in total. The van der Waals surface area contributed by atoms with E-state index in [1.54, 1.807) is 12.1 Å². The fraction of sp³-hybridized carbons (Fsp3) is 0.500. The molecule has 1 saturated heterocycles. The minimum absolute atomic E-state index is 0.174. The van der Waals surface area contributed by atoms with Crippen LogP contribution in [0.25, 0.3) is 0 Å². The first kappa shape index (κ1) is 21.2. The Morgan fingerprint density at radius 1 is 1.14 bits per heavy atom. The van der Waals surface area contributed by atoms with Gasteiger partial charge in [0.2, 0.25) is 11.8 Å². The number of benzene rings is 1. The van der Waals surface area contributed by atoms with Gasteiger partial charge in [-0.1, -0.05) is 32.0 Å². The standard InChI is InChI=1S/C20H25F3N4O2/c1-19(2,3)16-12-18(29-25-16)24-17(28)13-26-7-9-27(10-8-26)15-6-4-5-14(11-15)20(21,22)23/h4-6,11-12H,7-10,13H2,1-3H3,(H,24,28). The van der Waals surface area contributed by atoms with Gasteiger partial charge in [0, 0.05) is 43.3 Å². The Hall–Kier alpha value is -2.55. The van der Waals surface area contributed by atoms with Gasteiger partial charge in [0.25, 0.3) is 0 Å². The van der Waals surface area contributed by atoms with Crippen LogP contribution in [0.5, 0.6) is 0 Å². The molecule has 29 heavy (non-hydrogen) atoms. The summed E-state index contributed by atoms with van der Waals surface area (Å²) >= 11 is 0. The van der Waals surface area contributed by atoms with Crippen LogP contribution in [0.15, 0.2) is 34.9 Å². The van der Waals surface area contributed by atoms with Gasteiger partial charge in [-0.25, -0.2) is 0 Å². The van der Waals surface area contributed by atoms with Crippen LogP contribution in [-0.4, -0.2) is 48.7 Å². The topological polar surface area (TPSA) is 61.6 Å². The molecule has 1 aromatic heterocycles. The normalized spacial score (nSPS) is 16.1. The molecule has 1 amide bonds. The molecule has 1 aromatic carbocycles. The van der Waals surface area contributed by atoms with E-state index >= 15 is 0 Å². The van der Waals surface area contributed by atoms with Crippen LogP contribution < -0.4 is 10.2 Å². The predicted molar refractivity (Wildman–Crippen MR) is 104 cm³/mol. The van der Waals surface area contributed by atoms with E-state index in [0.717, 1.165) is 11.8 Å². The Bertz CT molecular complexity index is 850. The summed E-state index contributed by atoms with van der Waals surface area (Å²) in [5, 5.41) is 6.67. The van der Waals surface area contributed by atoms with E-state index in [1.165, 1.54) is 12.1 Å². The highest BCUT2D eigenvalue weighted by molar-refractivity contribution is 5.91. The minimum atomic E-state index is -4.36. The van der Waals surface area contributed by atoms with E-state index in [2.05, 4.69) is 10.5 Å². The third-order valence-electron chi connectivity index (χ3n) is 4.82. The molecular weight excluding hydrogens is 385 g/mol. The summed E-state index contributed by atoms with van der Waals surface area (Å²) in [5.41, 5.74) is 0.466. The molecule has 0 atom stereocenters. The molecule has 2 aromatic rings. The molecule has 1 fully saturated rings. The van der Waals surface area contributed by atoms with Crippen LogP contribution in [0.3, 0.4) is 0 Å². The fourth-order valence-corrected chi connectivity index (χ4v) is 3.11. The molecule has 158 valence electrons. The zero-order chi connectivity index (χ0) is 21.2. The number of hydrogen-bond donors (Lipinski definition) is 1. The number of carbonyl (C=O) groups is 1. The Morgan fingerprint density at radius 2 is 1.83 bits per heavy atom. The van der Waals surface area contributed by atoms with Gasteiger partial charge in [-0.05, 0) is 18.2 Å². The van der Waals surface area contributed by atoms with Gasteiger partial charge in [-0.3, -0.25) is 15.0 Å². The Labute approximate surface area is 167 Å². The maximum Gasteiger partial charge on any atom is 0.416 e. The third kappa shape index (κ3) is 5.50. The number of halogens is 3. The van der Waals surface area contributed by atoms with E-state index in [0.29, 0.717) is 37.8 Å². The summed E-state index contributed by atoms with van der Waals surface area (Å²) in [6.45, 7) is 8.43. The highest BCUT2D eigenvalue weighted by Crippen LogP contribution is 2.32. The zero-order valence-electron chi connectivity index (χ0n) is 16.7. The van der Waals surface area contributed by atoms with Crippen molar-refractivity contribution in [1.29, 1.82) is 0 Å². The van der Waals surface area contributed by atoms with Gasteiger partial charge < -0.3 is 9.42 Å². The van der Waals surface area contributed by atoms with Crippen molar-refractivity contribution < 1.29 is 22.5 Å². The van der Waals surface area contributed by atoms with Gasteiger partial charge in [-0.2, -0.15) is 13.2 Å². The maximum atomic E-state index is 12.9. The Morgan fingerprint density at radius 3 is 2.41 bits per heavy atom. The van der Waals surface area contributed by atoms with Gasteiger partial charge >= 0.3 is 6.18 Å². The molecule has 6 nitrogen and oxygen atoms in total. The van der Waals surface area contributed by atoms with Crippen LogP contribution >= 0.6 is 0 Å². The number of amides is 1. The monoisotopic (exact) mass is 410 g/mol. The number of nitrogens with zero attached hydrogens (tertiary/aromatic N) is 3. The largest absolute Gasteiger partial charge is 0.416 e. The molecule has 0 aliphatic carbocycles. The van der Waals surface area contributed by atoms with Crippen molar-refractivity contribution >= 4 is 17.5 Å². The number of rotatable bonds is 4.